The van der Waals surface area contributed by atoms with Gasteiger partial charge in [0.1, 0.15) is 12.4 Å². The summed E-state index contributed by atoms with van der Waals surface area (Å²) in [5, 5.41) is 10.1. The average Bonchev–Trinajstić information content (AvgIpc) is 2.93. The fourth-order valence-electron chi connectivity index (χ4n) is 2.83. The van der Waals surface area contributed by atoms with E-state index in [-0.39, 0.29) is 6.10 Å². The lowest BCUT2D eigenvalue weighted by Gasteiger charge is -2.23. The summed E-state index contributed by atoms with van der Waals surface area (Å²) in [4.78, 5) is 4.15. The van der Waals surface area contributed by atoms with Crippen molar-refractivity contribution < 1.29 is 9.84 Å². The van der Waals surface area contributed by atoms with E-state index in [4.69, 9.17) is 4.74 Å². The summed E-state index contributed by atoms with van der Waals surface area (Å²) in [5.41, 5.74) is 3.26. The molecular weight excluding hydrogens is 252 g/mol. The number of ether oxygens (including phenoxy) is 1. The Morgan fingerprint density at radius 3 is 3.20 bits per heavy atom. The highest BCUT2D eigenvalue weighted by Crippen LogP contribution is 2.35. The van der Waals surface area contributed by atoms with Gasteiger partial charge in [0.05, 0.1) is 24.3 Å². The van der Waals surface area contributed by atoms with Crippen LogP contribution in [0.4, 0.5) is 0 Å². The zero-order chi connectivity index (χ0) is 13.9. The Bertz CT molecular complexity index is 592. The number of aromatic nitrogens is 2. The smallest absolute Gasteiger partial charge is 0.130 e. The summed E-state index contributed by atoms with van der Waals surface area (Å²) < 4.78 is 8.04. The molecule has 1 N–H and O–H groups in total. The fraction of sp³-hybridized carbons (Fsp3) is 0.438. The summed E-state index contributed by atoms with van der Waals surface area (Å²) in [6, 6.07) is 5.95. The minimum absolute atomic E-state index is 0.344. The summed E-state index contributed by atoms with van der Waals surface area (Å²) in [7, 11) is 0. The third-order valence-corrected chi connectivity index (χ3v) is 3.95. The molecule has 1 unspecified atom stereocenters. The molecule has 0 saturated heterocycles. The number of fused-ring (bicyclic) bond motifs is 1. The van der Waals surface area contributed by atoms with Crippen LogP contribution < -0.4 is 4.74 Å². The molecule has 0 radical (unpaired) electrons. The summed E-state index contributed by atoms with van der Waals surface area (Å²) >= 11 is 0. The third kappa shape index (κ3) is 2.43. The van der Waals surface area contributed by atoms with E-state index in [9.17, 15) is 5.11 Å². The average molecular weight is 272 g/mol. The van der Waals surface area contributed by atoms with E-state index < -0.39 is 0 Å². The van der Waals surface area contributed by atoms with Gasteiger partial charge in [-0.3, -0.25) is 0 Å². The van der Waals surface area contributed by atoms with Gasteiger partial charge in [-0.15, -0.1) is 0 Å². The SMILES string of the molecule is CCn1cncc1COc1cccc2c1CCCC2O. The Hall–Kier alpha value is -1.81. The van der Waals surface area contributed by atoms with Crippen LogP contribution in [0.15, 0.2) is 30.7 Å². The fourth-order valence-corrected chi connectivity index (χ4v) is 2.83. The molecule has 4 nitrogen and oxygen atoms in total. The molecule has 1 aliphatic carbocycles. The molecule has 20 heavy (non-hydrogen) atoms. The van der Waals surface area contributed by atoms with Crippen molar-refractivity contribution in [3.63, 3.8) is 0 Å². The standard InChI is InChI=1S/C16H20N2O2/c1-2-18-11-17-9-12(18)10-20-16-8-4-5-13-14(16)6-3-7-15(13)19/h4-5,8-9,11,15,19H,2-3,6-7,10H2,1H3. The monoisotopic (exact) mass is 272 g/mol. The van der Waals surface area contributed by atoms with Crippen LogP contribution in [-0.2, 0) is 19.6 Å². The van der Waals surface area contributed by atoms with Gasteiger partial charge in [-0.05, 0) is 43.4 Å². The molecule has 4 heteroatoms. The third-order valence-electron chi connectivity index (χ3n) is 3.95. The number of nitrogens with zero attached hydrogens (tertiary/aromatic N) is 2. The maximum Gasteiger partial charge on any atom is 0.130 e. The Morgan fingerprint density at radius 2 is 2.35 bits per heavy atom. The van der Waals surface area contributed by atoms with Crippen molar-refractivity contribution in [1.82, 2.24) is 9.55 Å². The molecule has 3 rings (SSSR count). The van der Waals surface area contributed by atoms with E-state index in [0.717, 1.165) is 48.4 Å². The maximum atomic E-state index is 10.1. The van der Waals surface area contributed by atoms with Crippen molar-refractivity contribution in [3.05, 3.63) is 47.5 Å². The minimum atomic E-state index is -0.344. The molecule has 2 aromatic rings. The van der Waals surface area contributed by atoms with Gasteiger partial charge in [-0.25, -0.2) is 4.98 Å². The molecule has 1 atom stereocenters. The molecule has 1 aromatic heterocycles. The Balaban J connectivity index is 1.80. The first-order chi connectivity index (χ1) is 9.79. The molecule has 0 aliphatic heterocycles. The second kappa shape index (κ2) is 5.67. The molecule has 1 aromatic carbocycles. The number of rotatable bonds is 4. The van der Waals surface area contributed by atoms with Crippen LogP contribution in [0.2, 0.25) is 0 Å². The molecular formula is C16H20N2O2. The number of aryl methyl sites for hydroxylation is 1. The van der Waals surface area contributed by atoms with Crippen LogP contribution in [0.25, 0.3) is 0 Å². The van der Waals surface area contributed by atoms with Crippen molar-refractivity contribution >= 4 is 0 Å². The first-order valence-electron chi connectivity index (χ1n) is 7.21. The number of hydrogen-bond acceptors (Lipinski definition) is 3. The molecule has 0 amide bonds. The molecule has 0 saturated carbocycles. The quantitative estimate of drug-likeness (QED) is 0.931. The van der Waals surface area contributed by atoms with Gasteiger partial charge in [0.2, 0.25) is 0 Å². The van der Waals surface area contributed by atoms with Crippen LogP contribution in [0.1, 0.15) is 42.7 Å². The van der Waals surface area contributed by atoms with Crippen molar-refractivity contribution in [2.24, 2.45) is 0 Å². The summed E-state index contributed by atoms with van der Waals surface area (Å²) in [6.45, 7) is 3.50. The second-order valence-electron chi connectivity index (χ2n) is 5.19. The van der Waals surface area contributed by atoms with E-state index in [1.54, 1.807) is 0 Å². The number of aliphatic hydroxyl groups is 1. The van der Waals surface area contributed by atoms with Crippen LogP contribution in [0.3, 0.4) is 0 Å². The second-order valence-corrected chi connectivity index (χ2v) is 5.19. The molecule has 1 aliphatic rings. The molecule has 0 bridgehead atoms. The lowest BCUT2D eigenvalue weighted by molar-refractivity contribution is 0.155. The predicted octanol–water partition coefficient (Wildman–Crippen LogP) is 2.85. The van der Waals surface area contributed by atoms with Gasteiger partial charge in [0.25, 0.3) is 0 Å². The highest BCUT2D eigenvalue weighted by Gasteiger charge is 2.20. The lowest BCUT2D eigenvalue weighted by Crippen LogP contribution is -2.11. The number of aliphatic hydroxyl groups excluding tert-OH is 1. The molecule has 106 valence electrons. The lowest BCUT2D eigenvalue weighted by atomic mass is 9.89. The highest BCUT2D eigenvalue weighted by atomic mass is 16.5. The van der Waals surface area contributed by atoms with E-state index >= 15 is 0 Å². The zero-order valence-corrected chi connectivity index (χ0v) is 11.7. The predicted molar refractivity (Wildman–Crippen MR) is 76.6 cm³/mol. The largest absolute Gasteiger partial charge is 0.487 e. The molecule has 0 spiro atoms. The molecule has 1 heterocycles. The number of imidazole rings is 1. The van der Waals surface area contributed by atoms with Crippen LogP contribution in [0, 0.1) is 0 Å². The topological polar surface area (TPSA) is 47.3 Å². The Labute approximate surface area is 119 Å². The van der Waals surface area contributed by atoms with Crippen molar-refractivity contribution in [3.8, 4) is 5.75 Å². The van der Waals surface area contributed by atoms with Gasteiger partial charge >= 0.3 is 0 Å². The van der Waals surface area contributed by atoms with Crippen molar-refractivity contribution in [2.75, 3.05) is 0 Å². The normalized spacial score (nSPS) is 17.8. The minimum Gasteiger partial charge on any atom is -0.487 e. The van der Waals surface area contributed by atoms with E-state index in [0.29, 0.717) is 6.61 Å². The van der Waals surface area contributed by atoms with Gasteiger partial charge in [0, 0.05) is 6.54 Å². The summed E-state index contributed by atoms with van der Waals surface area (Å²) in [5.74, 6) is 0.894. The first kappa shape index (κ1) is 13.2. The van der Waals surface area contributed by atoms with Gasteiger partial charge in [-0.2, -0.15) is 0 Å². The van der Waals surface area contributed by atoms with Gasteiger partial charge in [-0.1, -0.05) is 12.1 Å². The molecule has 0 fully saturated rings. The summed E-state index contributed by atoms with van der Waals surface area (Å²) in [6.07, 6.45) is 6.16. The van der Waals surface area contributed by atoms with Crippen molar-refractivity contribution in [2.45, 2.75) is 45.4 Å². The van der Waals surface area contributed by atoms with Gasteiger partial charge in [0.15, 0.2) is 0 Å². The van der Waals surface area contributed by atoms with Crippen LogP contribution in [0.5, 0.6) is 5.75 Å². The maximum absolute atomic E-state index is 10.1. The van der Waals surface area contributed by atoms with Crippen molar-refractivity contribution in [1.29, 1.82) is 0 Å². The Kier molecular flexibility index (Phi) is 3.74. The van der Waals surface area contributed by atoms with E-state index in [2.05, 4.69) is 16.5 Å². The number of hydrogen-bond donors (Lipinski definition) is 1. The van der Waals surface area contributed by atoms with Crippen LogP contribution >= 0.6 is 0 Å². The number of benzene rings is 1. The Morgan fingerprint density at radius 1 is 1.45 bits per heavy atom. The first-order valence-corrected chi connectivity index (χ1v) is 7.21. The van der Waals surface area contributed by atoms with Gasteiger partial charge < -0.3 is 14.4 Å². The van der Waals surface area contributed by atoms with Crippen LogP contribution in [-0.4, -0.2) is 14.7 Å². The zero-order valence-electron chi connectivity index (χ0n) is 11.7. The van der Waals surface area contributed by atoms with E-state index in [1.165, 1.54) is 0 Å². The van der Waals surface area contributed by atoms with E-state index in [1.807, 2.05) is 30.7 Å². The highest BCUT2D eigenvalue weighted by molar-refractivity contribution is 5.42.